The molecule has 0 saturated heterocycles. The molecule has 1 amide bonds. The highest BCUT2D eigenvalue weighted by atomic mass is 16.2. The summed E-state index contributed by atoms with van der Waals surface area (Å²) in [6.45, 7) is 4.48. The molecule has 0 atom stereocenters. The minimum Gasteiger partial charge on any atom is -0.300 e. The molecule has 15 heavy (non-hydrogen) atoms. The van der Waals surface area contributed by atoms with E-state index in [1.165, 1.54) is 5.56 Å². The molecule has 2 heterocycles. The predicted molar refractivity (Wildman–Crippen MR) is 57.8 cm³/mol. The quantitative estimate of drug-likeness (QED) is 0.703. The second-order valence-corrected chi connectivity index (χ2v) is 4.02. The molecule has 0 saturated carbocycles. The first-order valence-corrected chi connectivity index (χ1v) is 4.92. The molecule has 4 heteroatoms. The number of fused-ring (bicyclic) bond motifs is 3. The van der Waals surface area contributed by atoms with Gasteiger partial charge in [0, 0.05) is 0 Å². The number of nitrogens with zero attached hydrogens (tertiary/aromatic N) is 2. The maximum Gasteiger partial charge on any atom is 0.246 e. The van der Waals surface area contributed by atoms with E-state index >= 15 is 0 Å². The minimum absolute atomic E-state index is 0.0126. The Balaban J connectivity index is 2.38. The number of imidazole rings is 1. The number of anilines is 1. The van der Waals surface area contributed by atoms with E-state index in [0.717, 1.165) is 16.6 Å². The van der Waals surface area contributed by atoms with Crippen molar-refractivity contribution in [2.24, 2.45) is 0 Å². The molecule has 76 valence electrons. The van der Waals surface area contributed by atoms with E-state index in [1.807, 2.05) is 11.5 Å². The third-order valence-corrected chi connectivity index (χ3v) is 2.74. The number of rotatable bonds is 0. The van der Waals surface area contributed by atoms with Gasteiger partial charge in [-0.05, 0) is 31.0 Å². The number of aryl methyl sites for hydroxylation is 2. The van der Waals surface area contributed by atoms with Crippen LogP contribution in [0.15, 0.2) is 12.1 Å². The van der Waals surface area contributed by atoms with Crippen molar-refractivity contribution < 1.29 is 4.79 Å². The lowest BCUT2D eigenvalue weighted by Crippen LogP contribution is -2.06. The third-order valence-electron chi connectivity index (χ3n) is 2.74. The van der Waals surface area contributed by atoms with Crippen LogP contribution in [0.5, 0.6) is 0 Å². The van der Waals surface area contributed by atoms with Gasteiger partial charge >= 0.3 is 0 Å². The molecule has 0 aliphatic carbocycles. The normalized spacial score (nSPS) is 14.4. The zero-order valence-corrected chi connectivity index (χ0v) is 8.66. The number of amides is 1. The van der Waals surface area contributed by atoms with Crippen molar-refractivity contribution in [1.82, 2.24) is 9.55 Å². The van der Waals surface area contributed by atoms with Crippen LogP contribution in [-0.4, -0.2) is 15.5 Å². The molecular formula is C11H11N3O. The molecule has 1 N–H and O–H groups in total. The van der Waals surface area contributed by atoms with Gasteiger partial charge in [0.25, 0.3) is 0 Å². The van der Waals surface area contributed by atoms with Gasteiger partial charge in [0.1, 0.15) is 6.54 Å². The SMILES string of the molecule is Cc1cc(C)c2nc3n(c2c1)CC(=O)N3. The van der Waals surface area contributed by atoms with Crippen molar-refractivity contribution in [3.8, 4) is 0 Å². The van der Waals surface area contributed by atoms with Gasteiger partial charge in [-0.2, -0.15) is 0 Å². The number of carbonyl (C=O) groups is 1. The summed E-state index contributed by atoms with van der Waals surface area (Å²) in [5.41, 5.74) is 4.37. The van der Waals surface area contributed by atoms with Crippen molar-refractivity contribution in [1.29, 1.82) is 0 Å². The largest absolute Gasteiger partial charge is 0.300 e. The second-order valence-electron chi connectivity index (χ2n) is 4.02. The first-order valence-electron chi connectivity index (χ1n) is 4.92. The van der Waals surface area contributed by atoms with Crippen LogP contribution in [0, 0.1) is 13.8 Å². The molecule has 1 aromatic heterocycles. The van der Waals surface area contributed by atoms with Gasteiger partial charge < -0.3 is 4.57 Å². The highest BCUT2D eigenvalue weighted by molar-refractivity contribution is 5.97. The standard InChI is InChI=1S/C11H11N3O/c1-6-3-7(2)10-8(4-6)14-5-9(15)12-11(14)13-10/h3-4H,5H2,1-2H3,(H,12,13,15). The molecule has 1 aromatic carbocycles. The summed E-state index contributed by atoms with van der Waals surface area (Å²) < 4.78 is 1.93. The van der Waals surface area contributed by atoms with Gasteiger partial charge in [0.2, 0.25) is 11.9 Å². The first-order chi connectivity index (χ1) is 7.15. The van der Waals surface area contributed by atoms with Gasteiger partial charge in [0.05, 0.1) is 11.0 Å². The number of carbonyl (C=O) groups excluding carboxylic acids is 1. The van der Waals surface area contributed by atoms with E-state index in [4.69, 9.17) is 0 Å². The molecule has 1 aliphatic heterocycles. The minimum atomic E-state index is 0.0126. The zero-order chi connectivity index (χ0) is 10.6. The van der Waals surface area contributed by atoms with E-state index in [0.29, 0.717) is 12.5 Å². The Morgan fingerprint density at radius 1 is 1.40 bits per heavy atom. The van der Waals surface area contributed by atoms with Crippen molar-refractivity contribution in [2.45, 2.75) is 20.4 Å². The van der Waals surface area contributed by atoms with Crippen molar-refractivity contribution in [3.05, 3.63) is 23.3 Å². The molecule has 0 bridgehead atoms. The third kappa shape index (κ3) is 1.08. The summed E-state index contributed by atoms with van der Waals surface area (Å²) in [6, 6.07) is 4.17. The Kier molecular flexibility index (Phi) is 1.46. The topological polar surface area (TPSA) is 46.9 Å². The van der Waals surface area contributed by atoms with Crippen molar-refractivity contribution in [3.63, 3.8) is 0 Å². The summed E-state index contributed by atoms with van der Waals surface area (Å²) in [7, 11) is 0. The number of hydrogen-bond donors (Lipinski definition) is 1. The number of aromatic nitrogens is 2. The van der Waals surface area contributed by atoms with Crippen LogP contribution in [-0.2, 0) is 11.3 Å². The molecule has 0 radical (unpaired) electrons. The van der Waals surface area contributed by atoms with Crippen LogP contribution in [0.1, 0.15) is 11.1 Å². The monoisotopic (exact) mass is 201 g/mol. The number of hydrogen-bond acceptors (Lipinski definition) is 2. The van der Waals surface area contributed by atoms with Crippen LogP contribution in [0.2, 0.25) is 0 Å². The summed E-state index contributed by atoms with van der Waals surface area (Å²) >= 11 is 0. The second kappa shape index (κ2) is 2.59. The Morgan fingerprint density at radius 2 is 2.20 bits per heavy atom. The number of benzene rings is 1. The molecule has 3 rings (SSSR count). The van der Waals surface area contributed by atoms with Crippen LogP contribution < -0.4 is 5.32 Å². The summed E-state index contributed by atoms with van der Waals surface area (Å²) in [5.74, 6) is 0.683. The fourth-order valence-corrected chi connectivity index (χ4v) is 2.13. The molecule has 2 aromatic rings. The maximum absolute atomic E-state index is 11.2. The van der Waals surface area contributed by atoms with E-state index in [1.54, 1.807) is 0 Å². The average molecular weight is 201 g/mol. The van der Waals surface area contributed by atoms with Crippen molar-refractivity contribution >= 4 is 22.9 Å². The van der Waals surface area contributed by atoms with E-state index in [-0.39, 0.29) is 5.91 Å². The average Bonchev–Trinajstić information content (AvgIpc) is 2.63. The molecule has 0 spiro atoms. The lowest BCUT2D eigenvalue weighted by molar-refractivity contribution is -0.115. The van der Waals surface area contributed by atoms with Crippen LogP contribution in [0.3, 0.4) is 0 Å². The van der Waals surface area contributed by atoms with E-state index in [9.17, 15) is 4.79 Å². The fraction of sp³-hybridized carbons (Fsp3) is 0.273. The lowest BCUT2D eigenvalue weighted by Gasteiger charge is -2.00. The van der Waals surface area contributed by atoms with Crippen molar-refractivity contribution in [2.75, 3.05) is 5.32 Å². The summed E-state index contributed by atoms with van der Waals surface area (Å²) in [5, 5.41) is 2.75. The maximum atomic E-state index is 11.2. The molecule has 4 nitrogen and oxygen atoms in total. The van der Waals surface area contributed by atoms with Gasteiger partial charge in [-0.3, -0.25) is 10.1 Å². The Labute approximate surface area is 86.9 Å². The molecular weight excluding hydrogens is 190 g/mol. The first kappa shape index (κ1) is 8.47. The van der Waals surface area contributed by atoms with Gasteiger partial charge in [-0.15, -0.1) is 0 Å². The Bertz CT molecular complexity index is 583. The molecule has 0 unspecified atom stereocenters. The lowest BCUT2D eigenvalue weighted by atomic mass is 10.1. The van der Waals surface area contributed by atoms with Crippen LogP contribution in [0.25, 0.3) is 11.0 Å². The summed E-state index contributed by atoms with van der Waals surface area (Å²) in [6.07, 6.45) is 0. The van der Waals surface area contributed by atoms with Gasteiger partial charge in [-0.1, -0.05) is 6.07 Å². The molecule has 0 fully saturated rings. The predicted octanol–water partition coefficient (Wildman–Crippen LogP) is 1.61. The highest BCUT2D eigenvalue weighted by Crippen LogP contribution is 2.26. The van der Waals surface area contributed by atoms with Gasteiger partial charge in [-0.25, -0.2) is 4.98 Å². The fourth-order valence-electron chi connectivity index (χ4n) is 2.13. The number of nitrogens with one attached hydrogen (secondary N) is 1. The molecule has 1 aliphatic rings. The van der Waals surface area contributed by atoms with E-state index < -0.39 is 0 Å². The van der Waals surface area contributed by atoms with Crippen LogP contribution in [0.4, 0.5) is 5.95 Å². The Morgan fingerprint density at radius 3 is 3.00 bits per heavy atom. The zero-order valence-electron chi connectivity index (χ0n) is 8.66. The highest BCUT2D eigenvalue weighted by Gasteiger charge is 2.22. The van der Waals surface area contributed by atoms with E-state index in [2.05, 4.69) is 29.4 Å². The summed E-state index contributed by atoms with van der Waals surface area (Å²) in [4.78, 5) is 15.6. The van der Waals surface area contributed by atoms with Gasteiger partial charge in [0.15, 0.2) is 0 Å². The van der Waals surface area contributed by atoms with Crippen LogP contribution >= 0.6 is 0 Å². The smallest absolute Gasteiger partial charge is 0.246 e. The Hall–Kier alpha value is -1.84.